The Hall–Kier alpha value is -1.59. The van der Waals surface area contributed by atoms with Crippen LogP contribution < -0.4 is 5.32 Å². The van der Waals surface area contributed by atoms with Gasteiger partial charge in [0, 0.05) is 13.1 Å². The van der Waals surface area contributed by atoms with Crippen LogP contribution in [0.2, 0.25) is 0 Å². The van der Waals surface area contributed by atoms with Crippen LogP contribution in [-0.4, -0.2) is 47.4 Å². The van der Waals surface area contributed by atoms with Crippen LogP contribution in [0.4, 0.5) is 0 Å². The van der Waals surface area contributed by atoms with Crippen molar-refractivity contribution in [2.45, 2.75) is 33.6 Å². The SMILES string of the molecule is CCN(CC)C(=O)CNC(=O)C1CC(C)CC1C(=O)O. The number of carboxylic acids is 1. The van der Waals surface area contributed by atoms with Gasteiger partial charge in [-0.1, -0.05) is 6.92 Å². The third-order valence-electron chi connectivity index (χ3n) is 3.98. The van der Waals surface area contributed by atoms with Crippen LogP contribution in [0.15, 0.2) is 0 Å². The molecule has 1 aliphatic rings. The number of carboxylic acid groups (broad SMARTS) is 1. The highest BCUT2D eigenvalue weighted by Gasteiger charge is 2.41. The molecule has 114 valence electrons. The van der Waals surface area contributed by atoms with Gasteiger partial charge in [0.1, 0.15) is 0 Å². The average Bonchev–Trinajstić information content (AvgIpc) is 2.79. The van der Waals surface area contributed by atoms with Crippen LogP contribution in [0.25, 0.3) is 0 Å². The Kier molecular flexibility index (Phi) is 5.98. The van der Waals surface area contributed by atoms with Gasteiger partial charge in [-0.3, -0.25) is 14.4 Å². The molecule has 3 unspecified atom stereocenters. The van der Waals surface area contributed by atoms with E-state index in [4.69, 9.17) is 5.11 Å². The second-order valence-electron chi connectivity index (χ2n) is 5.41. The summed E-state index contributed by atoms with van der Waals surface area (Å²) < 4.78 is 0. The fourth-order valence-electron chi connectivity index (χ4n) is 2.84. The van der Waals surface area contributed by atoms with Gasteiger partial charge >= 0.3 is 5.97 Å². The summed E-state index contributed by atoms with van der Waals surface area (Å²) in [5, 5.41) is 11.7. The molecular formula is C14H24N2O4. The normalized spacial score (nSPS) is 25.2. The maximum atomic E-state index is 12.1. The minimum atomic E-state index is -0.926. The molecule has 0 spiro atoms. The van der Waals surface area contributed by atoms with Crippen LogP contribution in [0.5, 0.6) is 0 Å². The second-order valence-corrected chi connectivity index (χ2v) is 5.41. The van der Waals surface area contributed by atoms with E-state index in [0.29, 0.717) is 25.9 Å². The summed E-state index contributed by atoms with van der Waals surface area (Å²) in [4.78, 5) is 36.6. The van der Waals surface area contributed by atoms with Crippen molar-refractivity contribution in [2.24, 2.45) is 17.8 Å². The third-order valence-corrected chi connectivity index (χ3v) is 3.98. The number of nitrogens with zero attached hydrogens (tertiary/aromatic N) is 1. The highest BCUT2D eigenvalue weighted by Crippen LogP contribution is 2.36. The Morgan fingerprint density at radius 1 is 1.15 bits per heavy atom. The van der Waals surface area contributed by atoms with Crippen molar-refractivity contribution in [3.05, 3.63) is 0 Å². The lowest BCUT2D eigenvalue weighted by atomic mass is 9.95. The Balaban J connectivity index is 2.54. The number of carbonyl (C=O) groups is 3. The lowest BCUT2D eigenvalue weighted by Crippen LogP contribution is -2.43. The molecule has 6 heteroatoms. The molecule has 2 amide bonds. The molecule has 1 saturated carbocycles. The van der Waals surface area contributed by atoms with Crippen molar-refractivity contribution < 1.29 is 19.5 Å². The molecule has 0 aliphatic heterocycles. The molecule has 0 radical (unpaired) electrons. The van der Waals surface area contributed by atoms with Crippen LogP contribution in [0.3, 0.4) is 0 Å². The summed E-state index contributed by atoms with van der Waals surface area (Å²) in [5.74, 6) is -2.31. The van der Waals surface area contributed by atoms with E-state index in [1.165, 1.54) is 0 Å². The summed E-state index contributed by atoms with van der Waals surface area (Å²) in [6, 6.07) is 0. The summed E-state index contributed by atoms with van der Waals surface area (Å²) >= 11 is 0. The first-order valence-corrected chi connectivity index (χ1v) is 7.18. The number of amides is 2. The van der Waals surface area contributed by atoms with Gasteiger partial charge in [-0.2, -0.15) is 0 Å². The Morgan fingerprint density at radius 3 is 2.20 bits per heavy atom. The highest BCUT2D eigenvalue weighted by atomic mass is 16.4. The molecule has 20 heavy (non-hydrogen) atoms. The minimum Gasteiger partial charge on any atom is -0.481 e. The molecule has 3 atom stereocenters. The minimum absolute atomic E-state index is 0.0578. The van der Waals surface area contributed by atoms with Crippen molar-refractivity contribution in [3.63, 3.8) is 0 Å². The largest absolute Gasteiger partial charge is 0.481 e. The number of nitrogens with one attached hydrogen (secondary N) is 1. The lowest BCUT2D eigenvalue weighted by molar-refractivity contribution is -0.146. The van der Waals surface area contributed by atoms with E-state index >= 15 is 0 Å². The van der Waals surface area contributed by atoms with Gasteiger partial charge in [0.05, 0.1) is 18.4 Å². The van der Waals surface area contributed by atoms with Gasteiger partial charge in [0.25, 0.3) is 0 Å². The molecule has 6 nitrogen and oxygen atoms in total. The first kappa shape index (κ1) is 16.5. The standard InChI is InChI=1S/C14H24N2O4/c1-4-16(5-2)12(17)8-15-13(18)10-6-9(3)7-11(10)14(19)20/h9-11H,4-8H2,1-3H3,(H,15,18)(H,19,20). The summed E-state index contributed by atoms with van der Waals surface area (Å²) in [5.41, 5.74) is 0. The molecule has 0 aromatic heterocycles. The van der Waals surface area contributed by atoms with Crippen molar-refractivity contribution >= 4 is 17.8 Å². The smallest absolute Gasteiger partial charge is 0.307 e. The van der Waals surface area contributed by atoms with E-state index in [2.05, 4.69) is 5.32 Å². The zero-order chi connectivity index (χ0) is 15.3. The van der Waals surface area contributed by atoms with Gasteiger partial charge in [-0.05, 0) is 32.6 Å². The van der Waals surface area contributed by atoms with Gasteiger partial charge in [-0.15, -0.1) is 0 Å². The number of hydrogen-bond donors (Lipinski definition) is 2. The lowest BCUT2D eigenvalue weighted by Gasteiger charge is -2.20. The van der Waals surface area contributed by atoms with Gasteiger partial charge in [0.2, 0.25) is 11.8 Å². The molecule has 0 aromatic carbocycles. The molecule has 0 aromatic rings. The topological polar surface area (TPSA) is 86.7 Å². The van der Waals surface area contributed by atoms with Crippen LogP contribution in [0.1, 0.15) is 33.6 Å². The Labute approximate surface area is 119 Å². The molecular weight excluding hydrogens is 260 g/mol. The van der Waals surface area contributed by atoms with Crippen molar-refractivity contribution in [1.82, 2.24) is 10.2 Å². The van der Waals surface area contributed by atoms with Crippen LogP contribution in [-0.2, 0) is 14.4 Å². The predicted octanol–water partition coefficient (Wildman–Crippen LogP) is 0.718. The Morgan fingerprint density at radius 2 is 1.70 bits per heavy atom. The van der Waals surface area contributed by atoms with E-state index in [9.17, 15) is 14.4 Å². The van der Waals surface area contributed by atoms with Crippen LogP contribution >= 0.6 is 0 Å². The monoisotopic (exact) mass is 284 g/mol. The average molecular weight is 284 g/mol. The van der Waals surface area contributed by atoms with E-state index in [-0.39, 0.29) is 24.3 Å². The van der Waals surface area contributed by atoms with Crippen molar-refractivity contribution in [3.8, 4) is 0 Å². The third kappa shape index (κ3) is 3.95. The fraction of sp³-hybridized carbons (Fsp3) is 0.786. The number of aliphatic carboxylic acids is 1. The van der Waals surface area contributed by atoms with Gasteiger partial charge in [0.15, 0.2) is 0 Å². The Bertz CT molecular complexity index is 379. The van der Waals surface area contributed by atoms with Gasteiger partial charge < -0.3 is 15.3 Å². The zero-order valence-corrected chi connectivity index (χ0v) is 12.4. The van der Waals surface area contributed by atoms with E-state index in [1.807, 2.05) is 20.8 Å². The van der Waals surface area contributed by atoms with E-state index in [1.54, 1.807) is 4.90 Å². The number of likely N-dealkylation sites (N-methyl/N-ethyl adjacent to an activating group) is 1. The summed E-state index contributed by atoms with van der Waals surface area (Å²) in [7, 11) is 0. The maximum absolute atomic E-state index is 12.1. The number of hydrogen-bond acceptors (Lipinski definition) is 3. The maximum Gasteiger partial charge on any atom is 0.307 e. The second kappa shape index (κ2) is 7.26. The first-order valence-electron chi connectivity index (χ1n) is 7.18. The summed E-state index contributed by atoms with van der Waals surface area (Å²) in [6.07, 6.45) is 1.10. The molecule has 1 rings (SSSR count). The zero-order valence-electron chi connectivity index (χ0n) is 12.4. The molecule has 0 heterocycles. The molecule has 0 bridgehead atoms. The summed E-state index contributed by atoms with van der Waals surface area (Å²) in [6.45, 7) is 6.85. The molecule has 1 fully saturated rings. The van der Waals surface area contributed by atoms with E-state index in [0.717, 1.165) is 0 Å². The molecule has 2 N–H and O–H groups in total. The molecule has 0 saturated heterocycles. The number of rotatable bonds is 6. The quantitative estimate of drug-likeness (QED) is 0.752. The van der Waals surface area contributed by atoms with Gasteiger partial charge in [-0.25, -0.2) is 0 Å². The molecule has 1 aliphatic carbocycles. The predicted molar refractivity (Wildman–Crippen MR) is 74.0 cm³/mol. The highest BCUT2D eigenvalue weighted by molar-refractivity contribution is 5.88. The van der Waals surface area contributed by atoms with E-state index < -0.39 is 17.8 Å². The first-order chi connectivity index (χ1) is 9.40. The van der Waals surface area contributed by atoms with Crippen molar-refractivity contribution in [1.29, 1.82) is 0 Å². The fourth-order valence-corrected chi connectivity index (χ4v) is 2.84. The number of carbonyl (C=O) groups excluding carboxylic acids is 2. The van der Waals surface area contributed by atoms with Crippen molar-refractivity contribution in [2.75, 3.05) is 19.6 Å². The van der Waals surface area contributed by atoms with Crippen LogP contribution in [0, 0.1) is 17.8 Å².